The predicted molar refractivity (Wildman–Crippen MR) is 90.7 cm³/mol. The molecule has 0 spiro atoms. The van der Waals surface area contributed by atoms with Crippen molar-refractivity contribution in [2.75, 3.05) is 38.7 Å². The van der Waals surface area contributed by atoms with E-state index in [0.717, 1.165) is 26.1 Å². The number of benzene rings is 1. The first kappa shape index (κ1) is 19.1. The zero-order valence-corrected chi connectivity index (χ0v) is 14.1. The van der Waals surface area contributed by atoms with Gasteiger partial charge in [0.1, 0.15) is 5.69 Å². The largest absolute Gasteiger partial charge is 0.465 e. The number of hydrogen-bond acceptors (Lipinski definition) is 8. The first-order valence-electron chi connectivity index (χ1n) is 8.09. The number of methoxy groups -OCH3 is 1. The van der Waals surface area contributed by atoms with Crippen LogP contribution in [-0.2, 0) is 14.2 Å². The molecule has 0 radical (unpaired) electrons. The zero-order chi connectivity index (χ0) is 18.2. The molecule has 3 rings (SSSR count). The minimum absolute atomic E-state index is 0.0707. The molecule has 2 saturated heterocycles. The van der Waals surface area contributed by atoms with E-state index in [2.05, 4.69) is 10.1 Å². The Bertz CT molecular complexity index is 599. The highest BCUT2D eigenvalue weighted by molar-refractivity contribution is 5.91. The van der Waals surface area contributed by atoms with E-state index in [0.29, 0.717) is 24.9 Å². The summed E-state index contributed by atoms with van der Waals surface area (Å²) in [6, 6.07) is 4.08. The predicted octanol–water partition coefficient (Wildman–Crippen LogP) is 1.32. The summed E-state index contributed by atoms with van der Waals surface area (Å²) in [4.78, 5) is 21.8. The number of ether oxygens (including phenoxy) is 3. The lowest BCUT2D eigenvalue weighted by Gasteiger charge is -2.26. The minimum Gasteiger partial charge on any atom is -0.465 e. The van der Waals surface area contributed by atoms with Crippen molar-refractivity contribution < 1.29 is 23.9 Å². The molecular weight excluding hydrogens is 330 g/mol. The van der Waals surface area contributed by atoms with Crippen molar-refractivity contribution in [3.63, 3.8) is 0 Å². The normalized spacial score (nSPS) is 21.0. The van der Waals surface area contributed by atoms with Crippen molar-refractivity contribution >= 4 is 17.3 Å². The molecule has 2 aliphatic heterocycles. The van der Waals surface area contributed by atoms with Crippen LogP contribution in [0.25, 0.3) is 0 Å². The molecule has 0 aliphatic carbocycles. The highest BCUT2D eigenvalue weighted by atomic mass is 16.6. The fourth-order valence-corrected chi connectivity index (χ4v) is 2.22. The number of hydrogen-bond donors (Lipinski definition) is 2. The third-order valence-electron chi connectivity index (χ3n) is 3.98. The Kier molecular flexibility index (Phi) is 7.11. The molecule has 0 aromatic heterocycles. The van der Waals surface area contributed by atoms with Crippen LogP contribution < -0.4 is 11.1 Å². The van der Waals surface area contributed by atoms with Gasteiger partial charge in [-0.1, -0.05) is 0 Å². The van der Waals surface area contributed by atoms with E-state index in [4.69, 9.17) is 15.2 Å². The third kappa shape index (κ3) is 5.38. The van der Waals surface area contributed by atoms with Gasteiger partial charge in [0, 0.05) is 32.4 Å². The quantitative estimate of drug-likeness (QED) is 0.445. The van der Waals surface area contributed by atoms with Crippen molar-refractivity contribution in [1.29, 1.82) is 0 Å². The monoisotopic (exact) mass is 353 g/mol. The van der Waals surface area contributed by atoms with Gasteiger partial charge in [0.25, 0.3) is 5.69 Å². The van der Waals surface area contributed by atoms with Gasteiger partial charge < -0.3 is 25.3 Å². The number of nitro groups is 1. The minimum atomic E-state index is -0.530. The summed E-state index contributed by atoms with van der Waals surface area (Å²) < 4.78 is 14.8. The first-order chi connectivity index (χ1) is 12.0. The fraction of sp³-hybridized carbons (Fsp3) is 0.562. The second-order valence-electron chi connectivity index (χ2n) is 5.66. The van der Waals surface area contributed by atoms with Gasteiger partial charge in [-0.05, 0) is 25.0 Å². The SMILES string of the molecule is COC(=O)c1ccc([N+](=O)[O-])c(NC[C@@H]2CCO2)c1.NC[C@@H]1CCO1. The van der Waals surface area contributed by atoms with Crippen LogP contribution in [0, 0.1) is 10.1 Å². The molecule has 2 atom stereocenters. The molecule has 25 heavy (non-hydrogen) atoms. The molecule has 9 heteroatoms. The van der Waals surface area contributed by atoms with E-state index in [9.17, 15) is 14.9 Å². The highest BCUT2D eigenvalue weighted by Crippen LogP contribution is 2.26. The lowest BCUT2D eigenvalue weighted by atomic mass is 10.1. The lowest BCUT2D eigenvalue weighted by molar-refractivity contribution is -0.384. The molecule has 2 aliphatic rings. The number of anilines is 1. The number of nitro benzene ring substituents is 1. The number of rotatable bonds is 6. The molecule has 0 saturated carbocycles. The molecule has 0 unspecified atom stereocenters. The summed E-state index contributed by atoms with van der Waals surface area (Å²) in [5, 5.41) is 13.9. The number of nitrogens with one attached hydrogen (secondary N) is 1. The van der Waals surface area contributed by atoms with Gasteiger partial charge in [-0.25, -0.2) is 4.79 Å². The van der Waals surface area contributed by atoms with Gasteiger partial charge in [0.05, 0.1) is 29.8 Å². The van der Waals surface area contributed by atoms with Crippen molar-refractivity contribution in [1.82, 2.24) is 0 Å². The average Bonchev–Trinajstić information content (AvgIpc) is 2.52. The average molecular weight is 353 g/mol. The number of esters is 1. The molecule has 3 N–H and O–H groups in total. The lowest BCUT2D eigenvalue weighted by Crippen LogP contribution is -2.33. The Hall–Kier alpha value is -2.23. The Labute approximate surface area is 145 Å². The molecule has 2 heterocycles. The van der Waals surface area contributed by atoms with Gasteiger partial charge in [-0.15, -0.1) is 0 Å². The molecule has 1 aromatic carbocycles. The topological polar surface area (TPSA) is 126 Å². The van der Waals surface area contributed by atoms with Gasteiger partial charge in [0.2, 0.25) is 0 Å². The Morgan fingerprint density at radius 1 is 1.36 bits per heavy atom. The number of carbonyl (C=O) groups excluding carboxylic acids is 1. The van der Waals surface area contributed by atoms with Crippen molar-refractivity contribution in [3.05, 3.63) is 33.9 Å². The second kappa shape index (κ2) is 9.30. The highest BCUT2D eigenvalue weighted by Gasteiger charge is 2.21. The summed E-state index contributed by atoms with van der Waals surface area (Å²) in [6.07, 6.45) is 2.56. The maximum atomic E-state index is 11.4. The molecule has 2 fully saturated rings. The summed E-state index contributed by atoms with van der Waals surface area (Å²) in [7, 11) is 1.26. The fourth-order valence-electron chi connectivity index (χ4n) is 2.22. The molecule has 1 aromatic rings. The van der Waals surface area contributed by atoms with Crippen molar-refractivity contribution in [2.24, 2.45) is 5.73 Å². The maximum absolute atomic E-state index is 11.4. The zero-order valence-electron chi connectivity index (χ0n) is 14.1. The van der Waals surface area contributed by atoms with Crippen LogP contribution in [0.4, 0.5) is 11.4 Å². The molecule has 138 valence electrons. The Morgan fingerprint density at radius 2 is 2.00 bits per heavy atom. The van der Waals surface area contributed by atoms with Crippen molar-refractivity contribution in [2.45, 2.75) is 25.0 Å². The van der Waals surface area contributed by atoms with E-state index in [1.807, 2.05) is 0 Å². The van der Waals surface area contributed by atoms with E-state index in [1.54, 1.807) is 0 Å². The number of carbonyl (C=O) groups is 1. The van der Waals surface area contributed by atoms with Gasteiger partial charge in [-0.2, -0.15) is 0 Å². The third-order valence-corrected chi connectivity index (χ3v) is 3.98. The summed E-state index contributed by atoms with van der Waals surface area (Å²) in [6.45, 7) is 2.81. The van der Waals surface area contributed by atoms with E-state index in [-0.39, 0.29) is 17.4 Å². The van der Waals surface area contributed by atoms with Gasteiger partial charge in [-0.3, -0.25) is 10.1 Å². The Balaban J connectivity index is 0.000000316. The molecule has 0 bridgehead atoms. The Morgan fingerprint density at radius 3 is 2.40 bits per heavy atom. The summed E-state index contributed by atoms with van der Waals surface area (Å²) >= 11 is 0. The van der Waals surface area contributed by atoms with Crippen LogP contribution in [-0.4, -0.2) is 56.5 Å². The number of nitrogens with two attached hydrogens (primary N) is 1. The molecular formula is C16H23N3O6. The van der Waals surface area contributed by atoms with Gasteiger partial charge in [0.15, 0.2) is 0 Å². The van der Waals surface area contributed by atoms with Crippen molar-refractivity contribution in [3.8, 4) is 0 Å². The van der Waals surface area contributed by atoms with Crippen LogP contribution in [0.3, 0.4) is 0 Å². The summed E-state index contributed by atoms with van der Waals surface area (Å²) in [5.41, 5.74) is 5.70. The van der Waals surface area contributed by atoms with E-state index in [1.165, 1.54) is 25.3 Å². The standard InChI is InChI=1S/C12H14N2O5.C4H9NO/c1-18-12(15)8-2-3-11(14(16)17)10(6-8)13-7-9-4-5-19-9;5-3-4-1-2-6-4/h2-3,6,9,13H,4-5,7H2,1H3;4H,1-3,5H2/t9-;4-/m00/s1. The van der Waals surface area contributed by atoms with E-state index >= 15 is 0 Å². The van der Waals surface area contributed by atoms with Crippen LogP contribution in [0.1, 0.15) is 23.2 Å². The summed E-state index contributed by atoms with van der Waals surface area (Å²) in [5.74, 6) is -0.530. The van der Waals surface area contributed by atoms with Crippen LogP contribution >= 0.6 is 0 Å². The van der Waals surface area contributed by atoms with Crippen LogP contribution in [0.2, 0.25) is 0 Å². The van der Waals surface area contributed by atoms with Crippen LogP contribution in [0.5, 0.6) is 0 Å². The van der Waals surface area contributed by atoms with Crippen LogP contribution in [0.15, 0.2) is 18.2 Å². The van der Waals surface area contributed by atoms with Gasteiger partial charge >= 0.3 is 5.97 Å². The second-order valence-corrected chi connectivity index (χ2v) is 5.66. The van der Waals surface area contributed by atoms with E-state index < -0.39 is 10.9 Å². The molecule has 0 amide bonds. The first-order valence-corrected chi connectivity index (χ1v) is 8.09. The number of nitrogens with zero attached hydrogens (tertiary/aromatic N) is 1. The molecule has 9 nitrogen and oxygen atoms in total. The smallest absolute Gasteiger partial charge is 0.337 e. The maximum Gasteiger partial charge on any atom is 0.337 e.